The molecule has 6 heteroatoms. The Morgan fingerprint density at radius 3 is 2.73 bits per heavy atom. The van der Waals surface area contributed by atoms with Gasteiger partial charge in [-0.3, -0.25) is 9.89 Å². The lowest BCUT2D eigenvalue weighted by molar-refractivity contribution is -0.0282. The number of likely N-dealkylation sites (tertiary alicyclic amines) is 1. The molecule has 3 rings (SSSR count). The van der Waals surface area contributed by atoms with Crippen LogP contribution < -0.4 is 5.32 Å². The minimum atomic E-state index is -0.497. The van der Waals surface area contributed by atoms with Crippen molar-refractivity contribution in [3.05, 3.63) is 0 Å². The Morgan fingerprint density at radius 2 is 2.09 bits per heavy atom. The zero-order valence-corrected chi connectivity index (χ0v) is 13.8. The summed E-state index contributed by atoms with van der Waals surface area (Å²) in [6.07, 6.45) is 4.19. The minimum Gasteiger partial charge on any atom is -0.388 e. The summed E-state index contributed by atoms with van der Waals surface area (Å²) in [6, 6.07) is 0. The molecule has 0 spiro atoms. The minimum absolute atomic E-state index is 0.497. The number of hydrogen-bond acceptors (Lipinski definition) is 4. The molecule has 2 saturated heterocycles. The summed E-state index contributed by atoms with van der Waals surface area (Å²) < 4.78 is 5.42. The van der Waals surface area contributed by atoms with Crippen LogP contribution in [0.5, 0.6) is 0 Å². The third-order valence-corrected chi connectivity index (χ3v) is 5.28. The van der Waals surface area contributed by atoms with E-state index in [2.05, 4.69) is 20.1 Å². The van der Waals surface area contributed by atoms with Gasteiger partial charge in [0.05, 0.1) is 18.8 Å². The number of guanidine groups is 1. The van der Waals surface area contributed by atoms with Gasteiger partial charge in [0, 0.05) is 46.3 Å². The van der Waals surface area contributed by atoms with Gasteiger partial charge in [-0.15, -0.1) is 0 Å². The average molecular weight is 310 g/mol. The largest absolute Gasteiger partial charge is 0.388 e. The van der Waals surface area contributed by atoms with Crippen LogP contribution in [0.25, 0.3) is 0 Å². The Hall–Kier alpha value is -0.850. The van der Waals surface area contributed by atoms with E-state index >= 15 is 0 Å². The molecule has 22 heavy (non-hydrogen) atoms. The number of morpholine rings is 1. The molecule has 1 unspecified atom stereocenters. The molecule has 1 atom stereocenters. The molecule has 2 heterocycles. The van der Waals surface area contributed by atoms with Crippen LogP contribution in [-0.2, 0) is 4.74 Å². The lowest BCUT2D eigenvalue weighted by Crippen LogP contribution is -2.51. The van der Waals surface area contributed by atoms with Gasteiger partial charge in [-0.25, -0.2) is 0 Å². The number of aliphatic imine (C=N–C) groups is 1. The van der Waals surface area contributed by atoms with E-state index in [4.69, 9.17) is 4.74 Å². The molecule has 0 aromatic heterocycles. The third kappa shape index (κ3) is 3.91. The number of rotatable bonds is 4. The summed E-state index contributed by atoms with van der Waals surface area (Å²) in [5.41, 5.74) is -0.497. The second-order valence-corrected chi connectivity index (χ2v) is 6.99. The predicted molar refractivity (Wildman–Crippen MR) is 87.1 cm³/mol. The summed E-state index contributed by atoms with van der Waals surface area (Å²) in [4.78, 5) is 9.26. The topological polar surface area (TPSA) is 60.3 Å². The average Bonchev–Trinajstić information content (AvgIpc) is 2.95. The first kappa shape index (κ1) is 16.0. The summed E-state index contributed by atoms with van der Waals surface area (Å²) in [7, 11) is 1.84. The van der Waals surface area contributed by atoms with Crippen LogP contribution in [0, 0.1) is 5.92 Å². The highest BCUT2D eigenvalue weighted by Gasteiger charge is 2.35. The Kier molecular flexibility index (Phi) is 5.21. The van der Waals surface area contributed by atoms with Crippen molar-refractivity contribution in [3.8, 4) is 0 Å². The molecule has 2 N–H and O–H groups in total. The zero-order chi connectivity index (χ0) is 15.4. The maximum atomic E-state index is 10.2. The van der Waals surface area contributed by atoms with E-state index in [-0.39, 0.29) is 0 Å². The van der Waals surface area contributed by atoms with E-state index in [0.29, 0.717) is 12.5 Å². The summed E-state index contributed by atoms with van der Waals surface area (Å²) in [5.74, 6) is 1.66. The van der Waals surface area contributed by atoms with Gasteiger partial charge in [-0.1, -0.05) is 0 Å². The van der Waals surface area contributed by atoms with Crippen LogP contribution in [0.3, 0.4) is 0 Å². The monoisotopic (exact) mass is 310 g/mol. The first-order valence-electron chi connectivity index (χ1n) is 8.67. The molecule has 0 aromatic carbocycles. The molecular weight excluding hydrogens is 280 g/mol. The Morgan fingerprint density at radius 1 is 1.32 bits per heavy atom. The van der Waals surface area contributed by atoms with Crippen molar-refractivity contribution in [3.63, 3.8) is 0 Å². The van der Waals surface area contributed by atoms with E-state index in [1.165, 1.54) is 13.0 Å². The van der Waals surface area contributed by atoms with Crippen LogP contribution in [0.1, 0.15) is 25.7 Å². The van der Waals surface area contributed by atoms with Crippen molar-refractivity contribution < 1.29 is 9.84 Å². The first-order chi connectivity index (χ1) is 10.7. The number of ether oxygens (including phenoxy) is 1. The number of hydrogen-bond donors (Lipinski definition) is 2. The van der Waals surface area contributed by atoms with E-state index in [9.17, 15) is 5.11 Å². The molecule has 6 nitrogen and oxygen atoms in total. The fourth-order valence-electron chi connectivity index (χ4n) is 3.66. The molecule has 0 radical (unpaired) electrons. The summed E-state index contributed by atoms with van der Waals surface area (Å²) >= 11 is 0. The van der Waals surface area contributed by atoms with Gasteiger partial charge in [0.15, 0.2) is 5.96 Å². The smallest absolute Gasteiger partial charge is 0.193 e. The maximum Gasteiger partial charge on any atom is 0.193 e. The summed E-state index contributed by atoms with van der Waals surface area (Å²) in [5, 5.41) is 13.6. The first-order valence-corrected chi connectivity index (χ1v) is 8.67. The molecule has 0 bridgehead atoms. The molecule has 2 aliphatic heterocycles. The van der Waals surface area contributed by atoms with Crippen LogP contribution in [0.15, 0.2) is 4.99 Å². The van der Waals surface area contributed by atoms with Gasteiger partial charge >= 0.3 is 0 Å². The normalized spacial score (nSPS) is 29.5. The molecule has 3 fully saturated rings. The quantitative estimate of drug-likeness (QED) is 0.571. The van der Waals surface area contributed by atoms with Gasteiger partial charge in [-0.05, 0) is 31.6 Å². The standard InChI is InChI=1S/C16H30N4O2/c1-17-15(18-13-16(21)4-2-5-16)20-6-3-14(12-20)11-19-7-9-22-10-8-19/h14,21H,2-13H2,1H3,(H,17,18). The van der Waals surface area contributed by atoms with Crippen LogP contribution in [0.4, 0.5) is 0 Å². The third-order valence-electron chi connectivity index (χ3n) is 5.28. The zero-order valence-electron chi connectivity index (χ0n) is 13.8. The van der Waals surface area contributed by atoms with Gasteiger partial charge in [0.1, 0.15) is 0 Å². The van der Waals surface area contributed by atoms with Gasteiger partial charge < -0.3 is 20.1 Å². The highest BCUT2D eigenvalue weighted by molar-refractivity contribution is 5.80. The SMILES string of the molecule is CN=C(NCC1(O)CCC1)N1CCC(CN2CCOCC2)C1. The van der Waals surface area contributed by atoms with Crippen LogP contribution >= 0.6 is 0 Å². The number of aliphatic hydroxyl groups is 1. The number of nitrogens with one attached hydrogen (secondary N) is 1. The highest BCUT2D eigenvalue weighted by Crippen LogP contribution is 2.30. The van der Waals surface area contributed by atoms with Crippen molar-refractivity contribution in [1.29, 1.82) is 0 Å². The molecule has 0 amide bonds. The van der Waals surface area contributed by atoms with Crippen molar-refractivity contribution in [1.82, 2.24) is 15.1 Å². The number of nitrogens with zero attached hydrogens (tertiary/aromatic N) is 3. The van der Waals surface area contributed by atoms with Gasteiger partial charge in [0.25, 0.3) is 0 Å². The Bertz CT molecular complexity index is 392. The molecular formula is C16H30N4O2. The van der Waals surface area contributed by atoms with E-state index in [0.717, 1.165) is 64.6 Å². The van der Waals surface area contributed by atoms with Crippen LogP contribution in [0.2, 0.25) is 0 Å². The maximum absolute atomic E-state index is 10.2. The molecule has 1 saturated carbocycles. The lowest BCUT2D eigenvalue weighted by Gasteiger charge is -2.37. The van der Waals surface area contributed by atoms with E-state index in [1.807, 2.05) is 7.05 Å². The predicted octanol–water partition coefficient (Wildman–Crippen LogP) is 0.131. The lowest BCUT2D eigenvalue weighted by atomic mass is 9.80. The Balaban J connectivity index is 1.43. The summed E-state index contributed by atoms with van der Waals surface area (Å²) in [6.45, 7) is 7.80. The van der Waals surface area contributed by atoms with Crippen LogP contribution in [-0.4, -0.2) is 86.0 Å². The van der Waals surface area contributed by atoms with Crippen molar-refractivity contribution in [2.75, 3.05) is 59.5 Å². The molecule has 126 valence electrons. The fraction of sp³-hybridized carbons (Fsp3) is 0.938. The van der Waals surface area contributed by atoms with Gasteiger partial charge in [0.2, 0.25) is 0 Å². The van der Waals surface area contributed by atoms with E-state index < -0.39 is 5.60 Å². The molecule has 1 aliphatic carbocycles. The molecule has 3 aliphatic rings. The Labute approximate surface area is 133 Å². The fourth-order valence-corrected chi connectivity index (χ4v) is 3.66. The van der Waals surface area contributed by atoms with Crippen molar-refractivity contribution in [2.24, 2.45) is 10.9 Å². The highest BCUT2D eigenvalue weighted by atomic mass is 16.5. The van der Waals surface area contributed by atoms with E-state index in [1.54, 1.807) is 0 Å². The van der Waals surface area contributed by atoms with Crippen molar-refractivity contribution in [2.45, 2.75) is 31.3 Å². The molecule has 0 aromatic rings. The van der Waals surface area contributed by atoms with Crippen molar-refractivity contribution >= 4 is 5.96 Å². The van der Waals surface area contributed by atoms with Gasteiger partial charge in [-0.2, -0.15) is 0 Å². The second kappa shape index (κ2) is 7.15. The second-order valence-electron chi connectivity index (χ2n) is 6.99.